The highest BCUT2D eigenvalue weighted by molar-refractivity contribution is 8.00. The molecule has 2 aromatic carbocycles. The van der Waals surface area contributed by atoms with Crippen LogP contribution in [0, 0.1) is 35.2 Å². The predicted molar refractivity (Wildman–Crippen MR) is 129 cm³/mol. The summed E-state index contributed by atoms with van der Waals surface area (Å²) in [5.74, 6) is -4.37. The average molecular weight is 517 g/mol. The molecular weight excluding hydrogens is 489 g/mol. The molecule has 0 spiro atoms. The molecule has 3 N–H and O–H groups in total. The molecule has 10 heteroatoms. The molecule has 0 aliphatic heterocycles. The Bertz CT molecular complexity index is 1020. The van der Waals surface area contributed by atoms with Gasteiger partial charge in [0.1, 0.15) is 0 Å². The smallest absolute Gasteiger partial charge is 0.404 e. The fraction of sp³-hybridized carbons (Fsp3) is 0.417. The van der Waals surface area contributed by atoms with E-state index in [4.69, 9.17) is 22.1 Å². The highest BCUT2D eigenvalue weighted by Gasteiger charge is 2.25. The van der Waals surface area contributed by atoms with Gasteiger partial charge in [-0.3, -0.25) is 4.79 Å². The van der Waals surface area contributed by atoms with E-state index in [2.05, 4.69) is 26.1 Å². The lowest BCUT2D eigenvalue weighted by atomic mass is 9.89. The SMILES string of the molecule is CC(COC(N)=O)CC(Sc1cc(C(=O)Nc2cc(F)c(F)c(F)c2)ccc1Cl)C(C)C(C)C. The molecule has 34 heavy (non-hydrogen) atoms. The number of benzene rings is 2. The molecule has 3 unspecified atom stereocenters. The van der Waals surface area contributed by atoms with Crippen molar-refractivity contribution < 1.29 is 27.5 Å². The molecule has 2 aromatic rings. The Kier molecular flexibility index (Phi) is 10.1. The van der Waals surface area contributed by atoms with Gasteiger partial charge in [-0.15, -0.1) is 11.8 Å². The van der Waals surface area contributed by atoms with Gasteiger partial charge in [-0.05, 0) is 42.4 Å². The second-order valence-electron chi connectivity index (χ2n) is 8.58. The molecule has 0 aromatic heterocycles. The van der Waals surface area contributed by atoms with E-state index < -0.39 is 29.5 Å². The average Bonchev–Trinajstić information content (AvgIpc) is 2.76. The molecule has 0 saturated heterocycles. The van der Waals surface area contributed by atoms with Gasteiger partial charge in [0, 0.05) is 33.5 Å². The van der Waals surface area contributed by atoms with Gasteiger partial charge in [0.15, 0.2) is 17.5 Å². The quantitative estimate of drug-likeness (QED) is 0.266. The molecule has 0 aliphatic rings. The maximum atomic E-state index is 13.5. The van der Waals surface area contributed by atoms with Gasteiger partial charge in [0.2, 0.25) is 0 Å². The van der Waals surface area contributed by atoms with E-state index in [0.717, 1.165) is 0 Å². The van der Waals surface area contributed by atoms with Gasteiger partial charge in [-0.25, -0.2) is 18.0 Å². The minimum atomic E-state index is -1.61. The standard InChI is InChI=1S/C24H28ClF3N2O3S/c1-12(2)14(4)20(7-13(3)11-33-24(29)32)34-21-8-15(5-6-17(21)25)23(31)30-16-9-18(26)22(28)19(27)10-16/h5-6,8-10,12-14,20H,7,11H2,1-4H3,(H2,29,32)(H,30,31). The zero-order chi connectivity index (χ0) is 25.6. The number of halogens is 4. The Morgan fingerprint density at radius 2 is 1.71 bits per heavy atom. The molecule has 2 rings (SSSR count). The third-order valence-corrected chi connectivity index (χ3v) is 7.45. The minimum absolute atomic E-state index is 0.0414. The molecule has 186 valence electrons. The first kappa shape index (κ1) is 27.9. The van der Waals surface area contributed by atoms with Crippen molar-refractivity contribution in [2.24, 2.45) is 23.5 Å². The lowest BCUT2D eigenvalue weighted by Crippen LogP contribution is -2.25. The number of hydrogen-bond donors (Lipinski definition) is 2. The lowest BCUT2D eigenvalue weighted by molar-refractivity contribution is 0.102. The van der Waals surface area contributed by atoms with Gasteiger partial charge < -0.3 is 15.8 Å². The maximum absolute atomic E-state index is 13.5. The van der Waals surface area contributed by atoms with Gasteiger partial charge in [0.25, 0.3) is 5.91 Å². The van der Waals surface area contributed by atoms with Crippen LogP contribution < -0.4 is 11.1 Å². The zero-order valence-electron chi connectivity index (χ0n) is 19.3. The first-order valence-corrected chi connectivity index (χ1v) is 12.0. The summed E-state index contributed by atoms with van der Waals surface area (Å²) in [5.41, 5.74) is 5.08. The van der Waals surface area contributed by atoms with Crippen LogP contribution in [0.25, 0.3) is 0 Å². The summed E-state index contributed by atoms with van der Waals surface area (Å²) in [4.78, 5) is 24.3. The van der Waals surface area contributed by atoms with E-state index in [9.17, 15) is 22.8 Å². The largest absolute Gasteiger partial charge is 0.449 e. The van der Waals surface area contributed by atoms with Crippen LogP contribution in [0.5, 0.6) is 0 Å². The summed E-state index contributed by atoms with van der Waals surface area (Å²) in [6.07, 6.45) is -0.117. The number of carbonyl (C=O) groups excluding carboxylic acids is 2. The first-order chi connectivity index (χ1) is 15.9. The van der Waals surface area contributed by atoms with E-state index in [1.165, 1.54) is 17.8 Å². The van der Waals surface area contributed by atoms with Crippen LogP contribution in [0.15, 0.2) is 35.2 Å². The van der Waals surface area contributed by atoms with Crippen LogP contribution in [0.4, 0.5) is 23.7 Å². The Balaban J connectivity index is 2.23. The Hall–Kier alpha value is -2.39. The Morgan fingerprint density at radius 3 is 2.26 bits per heavy atom. The number of rotatable bonds is 10. The minimum Gasteiger partial charge on any atom is -0.449 e. The highest BCUT2D eigenvalue weighted by Crippen LogP contribution is 2.39. The van der Waals surface area contributed by atoms with Crippen LogP contribution in [0.2, 0.25) is 5.02 Å². The summed E-state index contributed by atoms with van der Waals surface area (Å²) in [5, 5.41) is 2.90. The summed E-state index contributed by atoms with van der Waals surface area (Å²) >= 11 is 7.91. The second-order valence-corrected chi connectivity index (χ2v) is 10.3. The molecule has 2 amide bonds. The van der Waals surface area contributed by atoms with Crippen molar-refractivity contribution >= 4 is 41.1 Å². The first-order valence-electron chi connectivity index (χ1n) is 10.7. The number of nitrogens with two attached hydrogens (primary N) is 1. The van der Waals surface area contributed by atoms with Crippen molar-refractivity contribution in [2.45, 2.75) is 44.3 Å². The monoisotopic (exact) mass is 516 g/mol. The van der Waals surface area contributed by atoms with Gasteiger partial charge in [-0.2, -0.15) is 0 Å². The van der Waals surface area contributed by atoms with E-state index in [1.807, 2.05) is 6.92 Å². The number of ether oxygens (including phenoxy) is 1. The molecule has 0 fully saturated rings. The number of nitrogens with one attached hydrogen (secondary N) is 1. The highest BCUT2D eigenvalue weighted by atomic mass is 35.5. The molecule has 5 nitrogen and oxygen atoms in total. The normalized spacial score (nSPS) is 13.9. The van der Waals surface area contributed by atoms with Crippen LogP contribution in [0.1, 0.15) is 44.5 Å². The molecule has 3 atom stereocenters. The molecular formula is C24H28ClF3N2O3S. The number of anilines is 1. The van der Waals surface area contributed by atoms with Crippen molar-refractivity contribution in [3.8, 4) is 0 Å². The van der Waals surface area contributed by atoms with E-state index in [1.54, 1.807) is 12.1 Å². The van der Waals surface area contributed by atoms with E-state index >= 15 is 0 Å². The topological polar surface area (TPSA) is 81.4 Å². The van der Waals surface area contributed by atoms with Crippen LogP contribution in [-0.2, 0) is 4.74 Å². The molecule has 0 radical (unpaired) electrons. The predicted octanol–water partition coefficient (Wildman–Crippen LogP) is 6.88. The summed E-state index contributed by atoms with van der Waals surface area (Å²) in [6, 6.07) is 6.07. The molecule has 0 bridgehead atoms. The summed E-state index contributed by atoms with van der Waals surface area (Å²) < 4.78 is 45.1. The lowest BCUT2D eigenvalue weighted by Gasteiger charge is -2.29. The molecule has 0 heterocycles. The van der Waals surface area contributed by atoms with Crippen LogP contribution in [0.3, 0.4) is 0 Å². The maximum Gasteiger partial charge on any atom is 0.404 e. The van der Waals surface area contributed by atoms with Gasteiger partial charge in [-0.1, -0.05) is 39.3 Å². The Labute approximate surface area is 206 Å². The summed E-state index contributed by atoms with van der Waals surface area (Å²) in [6.45, 7) is 8.48. The van der Waals surface area contributed by atoms with Gasteiger partial charge in [0.05, 0.1) is 11.6 Å². The van der Waals surface area contributed by atoms with Crippen LogP contribution >= 0.6 is 23.4 Å². The van der Waals surface area contributed by atoms with Crippen molar-refractivity contribution in [3.63, 3.8) is 0 Å². The summed E-state index contributed by atoms with van der Waals surface area (Å²) in [7, 11) is 0. The molecule has 0 aliphatic carbocycles. The number of carbonyl (C=O) groups is 2. The number of primary amides is 1. The Morgan fingerprint density at radius 1 is 1.09 bits per heavy atom. The zero-order valence-corrected chi connectivity index (χ0v) is 20.9. The van der Waals surface area contributed by atoms with Crippen molar-refractivity contribution in [3.05, 3.63) is 58.4 Å². The van der Waals surface area contributed by atoms with Crippen molar-refractivity contribution in [2.75, 3.05) is 11.9 Å². The van der Waals surface area contributed by atoms with Crippen molar-refractivity contribution in [1.82, 2.24) is 0 Å². The van der Waals surface area contributed by atoms with E-state index in [0.29, 0.717) is 34.4 Å². The number of thioether (sulfide) groups is 1. The van der Waals surface area contributed by atoms with Crippen LogP contribution in [-0.4, -0.2) is 23.9 Å². The third-order valence-electron chi connectivity index (χ3n) is 5.50. The number of hydrogen-bond acceptors (Lipinski definition) is 4. The van der Waals surface area contributed by atoms with Crippen molar-refractivity contribution in [1.29, 1.82) is 0 Å². The molecule has 0 saturated carbocycles. The third kappa shape index (κ3) is 7.84. The second kappa shape index (κ2) is 12.4. The van der Waals surface area contributed by atoms with Gasteiger partial charge >= 0.3 is 6.09 Å². The van der Waals surface area contributed by atoms with E-state index in [-0.39, 0.29) is 34.9 Å². The fourth-order valence-electron chi connectivity index (χ4n) is 3.22. The number of amides is 2. The fourth-order valence-corrected chi connectivity index (χ4v) is 5.12.